The zero-order chi connectivity index (χ0) is 19.3. The molecule has 0 N–H and O–H groups in total. The summed E-state index contributed by atoms with van der Waals surface area (Å²) in [7, 11) is 4.96. The van der Waals surface area contributed by atoms with E-state index in [9.17, 15) is 4.79 Å². The van der Waals surface area contributed by atoms with Crippen LogP contribution in [0.4, 0.5) is 0 Å². The van der Waals surface area contributed by atoms with Crippen molar-refractivity contribution in [3.8, 4) is 11.5 Å². The Hall–Kier alpha value is -2.27. The van der Waals surface area contributed by atoms with Crippen molar-refractivity contribution < 1.29 is 19.0 Å². The number of carbonyl (C=O) groups excluding carboxylic acids is 1. The van der Waals surface area contributed by atoms with Crippen LogP contribution >= 0.6 is 0 Å². The molecular formula is C22H29NO4. The molecule has 0 fully saturated rings. The van der Waals surface area contributed by atoms with Gasteiger partial charge < -0.3 is 19.1 Å². The van der Waals surface area contributed by atoms with Crippen molar-refractivity contribution in [2.24, 2.45) is 5.41 Å². The highest BCUT2D eigenvalue weighted by Crippen LogP contribution is 2.37. The maximum absolute atomic E-state index is 13.2. The molecule has 1 atom stereocenters. The Kier molecular flexibility index (Phi) is 6.22. The van der Waals surface area contributed by atoms with Crippen molar-refractivity contribution in [3.63, 3.8) is 0 Å². The Morgan fingerprint density at radius 1 is 1.15 bits per heavy atom. The number of carbonyl (C=O) groups is 1. The average molecular weight is 371 g/mol. The average Bonchev–Trinajstić information content (AvgIpc) is 2.73. The first-order valence-corrected chi connectivity index (χ1v) is 9.48. The lowest BCUT2D eigenvalue weighted by molar-refractivity contribution is -0.145. The SMILES string of the molecule is COCC1(C(=O)N2CC=C(c3ccc(OC)c(OC)c3)CC2)CC=CCC1. The predicted molar refractivity (Wildman–Crippen MR) is 106 cm³/mol. The largest absolute Gasteiger partial charge is 0.493 e. The quantitative estimate of drug-likeness (QED) is 0.716. The smallest absolute Gasteiger partial charge is 0.231 e. The summed E-state index contributed by atoms with van der Waals surface area (Å²) in [5.41, 5.74) is 1.95. The van der Waals surface area contributed by atoms with Gasteiger partial charge in [-0.15, -0.1) is 0 Å². The second kappa shape index (κ2) is 8.61. The van der Waals surface area contributed by atoms with E-state index in [2.05, 4.69) is 18.2 Å². The van der Waals surface area contributed by atoms with Gasteiger partial charge in [0.15, 0.2) is 11.5 Å². The molecule has 1 aromatic rings. The third-order valence-corrected chi connectivity index (χ3v) is 5.59. The van der Waals surface area contributed by atoms with Gasteiger partial charge in [0.2, 0.25) is 5.91 Å². The molecule has 0 saturated heterocycles. The predicted octanol–water partition coefficient (Wildman–Crippen LogP) is 3.69. The normalized spacial score (nSPS) is 22.3. The summed E-state index contributed by atoms with van der Waals surface area (Å²) in [4.78, 5) is 15.2. The second-order valence-corrected chi connectivity index (χ2v) is 7.23. The lowest BCUT2D eigenvalue weighted by Gasteiger charge is -2.38. The lowest BCUT2D eigenvalue weighted by atomic mass is 9.76. The summed E-state index contributed by atoms with van der Waals surface area (Å²) < 4.78 is 16.1. The lowest BCUT2D eigenvalue weighted by Crippen LogP contribution is -2.48. The van der Waals surface area contributed by atoms with Crippen LogP contribution in [-0.2, 0) is 9.53 Å². The minimum Gasteiger partial charge on any atom is -0.493 e. The zero-order valence-electron chi connectivity index (χ0n) is 16.5. The molecule has 1 aliphatic carbocycles. The number of allylic oxidation sites excluding steroid dienone is 2. The molecule has 0 aromatic heterocycles. The molecule has 1 amide bonds. The van der Waals surface area contributed by atoms with Crippen molar-refractivity contribution in [1.82, 2.24) is 4.90 Å². The Bertz CT molecular complexity index is 740. The summed E-state index contributed by atoms with van der Waals surface area (Å²) >= 11 is 0. The summed E-state index contributed by atoms with van der Waals surface area (Å²) in [6.45, 7) is 1.85. The molecule has 0 bridgehead atoms. The minimum atomic E-state index is -0.405. The fraction of sp³-hybridized carbons (Fsp3) is 0.500. The van der Waals surface area contributed by atoms with Crippen molar-refractivity contribution in [1.29, 1.82) is 0 Å². The van der Waals surface area contributed by atoms with Crippen LogP contribution in [-0.4, -0.2) is 51.8 Å². The number of amides is 1. The first-order valence-electron chi connectivity index (χ1n) is 9.48. The van der Waals surface area contributed by atoms with E-state index in [1.54, 1.807) is 21.3 Å². The summed E-state index contributed by atoms with van der Waals surface area (Å²) in [5.74, 6) is 1.67. The van der Waals surface area contributed by atoms with E-state index in [-0.39, 0.29) is 5.91 Å². The first-order chi connectivity index (χ1) is 13.1. The molecule has 0 saturated carbocycles. The van der Waals surface area contributed by atoms with Crippen LogP contribution in [0.3, 0.4) is 0 Å². The molecule has 1 aliphatic heterocycles. The highest BCUT2D eigenvalue weighted by molar-refractivity contribution is 5.84. The van der Waals surface area contributed by atoms with Gasteiger partial charge in [-0.3, -0.25) is 4.79 Å². The summed E-state index contributed by atoms with van der Waals surface area (Å²) in [5, 5.41) is 0. The van der Waals surface area contributed by atoms with Crippen LogP contribution in [0.15, 0.2) is 36.4 Å². The van der Waals surface area contributed by atoms with Crippen LogP contribution in [0.2, 0.25) is 0 Å². The number of hydrogen-bond donors (Lipinski definition) is 0. The fourth-order valence-corrected chi connectivity index (χ4v) is 4.04. The molecule has 3 rings (SSSR count). The molecule has 5 heteroatoms. The Morgan fingerprint density at radius 3 is 2.56 bits per heavy atom. The highest BCUT2D eigenvalue weighted by Gasteiger charge is 2.41. The molecular weight excluding hydrogens is 342 g/mol. The van der Waals surface area contributed by atoms with E-state index < -0.39 is 5.41 Å². The molecule has 1 aromatic carbocycles. The maximum Gasteiger partial charge on any atom is 0.231 e. The molecule has 2 aliphatic rings. The van der Waals surface area contributed by atoms with Gasteiger partial charge in [0.25, 0.3) is 0 Å². The van der Waals surface area contributed by atoms with E-state index in [4.69, 9.17) is 14.2 Å². The summed E-state index contributed by atoms with van der Waals surface area (Å²) in [6, 6.07) is 5.97. The van der Waals surface area contributed by atoms with Gasteiger partial charge in [-0.2, -0.15) is 0 Å². The van der Waals surface area contributed by atoms with E-state index in [1.165, 1.54) is 5.57 Å². The van der Waals surface area contributed by atoms with Gasteiger partial charge in [-0.25, -0.2) is 0 Å². The van der Waals surface area contributed by atoms with Gasteiger partial charge in [0.1, 0.15) is 0 Å². The van der Waals surface area contributed by atoms with Crippen molar-refractivity contribution in [2.45, 2.75) is 25.7 Å². The van der Waals surface area contributed by atoms with E-state index in [0.29, 0.717) is 13.2 Å². The molecule has 1 heterocycles. The van der Waals surface area contributed by atoms with Gasteiger partial charge in [-0.1, -0.05) is 24.3 Å². The number of hydrogen-bond acceptors (Lipinski definition) is 4. The van der Waals surface area contributed by atoms with Crippen LogP contribution < -0.4 is 9.47 Å². The minimum absolute atomic E-state index is 0.219. The number of nitrogens with zero attached hydrogens (tertiary/aromatic N) is 1. The standard InChI is InChI=1S/C22H29NO4/c1-25-16-22(11-5-4-6-12-22)21(24)23-13-9-17(10-14-23)18-7-8-19(26-2)20(15-18)27-3/h4-5,7-9,15H,6,10-14,16H2,1-3H3. The number of rotatable bonds is 6. The van der Waals surface area contributed by atoms with E-state index in [0.717, 1.165) is 49.3 Å². The van der Waals surface area contributed by atoms with Crippen molar-refractivity contribution in [2.75, 3.05) is 41.0 Å². The third-order valence-electron chi connectivity index (χ3n) is 5.59. The van der Waals surface area contributed by atoms with Crippen LogP contribution in [0.5, 0.6) is 11.5 Å². The first kappa shape index (κ1) is 19.5. The topological polar surface area (TPSA) is 48.0 Å². The van der Waals surface area contributed by atoms with Crippen molar-refractivity contribution in [3.05, 3.63) is 42.0 Å². The fourth-order valence-electron chi connectivity index (χ4n) is 4.04. The Labute approximate surface area is 161 Å². The van der Waals surface area contributed by atoms with Gasteiger partial charge >= 0.3 is 0 Å². The molecule has 1 unspecified atom stereocenters. The monoisotopic (exact) mass is 371 g/mol. The van der Waals surface area contributed by atoms with Crippen molar-refractivity contribution >= 4 is 11.5 Å². The maximum atomic E-state index is 13.2. The second-order valence-electron chi connectivity index (χ2n) is 7.23. The number of ether oxygens (including phenoxy) is 3. The summed E-state index contributed by atoms with van der Waals surface area (Å²) in [6.07, 6.45) is 9.83. The number of methoxy groups -OCH3 is 3. The highest BCUT2D eigenvalue weighted by atomic mass is 16.5. The van der Waals surface area contributed by atoms with E-state index in [1.807, 2.05) is 23.1 Å². The van der Waals surface area contributed by atoms with Gasteiger partial charge in [0, 0.05) is 20.2 Å². The van der Waals surface area contributed by atoms with Crippen LogP contribution in [0.25, 0.3) is 5.57 Å². The van der Waals surface area contributed by atoms with E-state index >= 15 is 0 Å². The molecule has 0 radical (unpaired) electrons. The third kappa shape index (κ3) is 4.03. The molecule has 0 spiro atoms. The Morgan fingerprint density at radius 2 is 1.96 bits per heavy atom. The Balaban J connectivity index is 1.74. The molecule has 146 valence electrons. The van der Waals surface area contributed by atoms with Crippen LogP contribution in [0.1, 0.15) is 31.2 Å². The van der Waals surface area contributed by atoms with Gasteiger partial charge in [-0.05, 0) is 49.0 Å². The number of benzene rings is 1. The van der Waals surface area contributed by atoms with Crippen LogP contribution in [0, 0.1) is 5.41 Å². The van der Waals surface area contributed by atoms with Gasteiger partial charge in [0.05, 0.1) is 26.2 Å². The molecule has 5 nitrogen and oxygen atoms in total. The zero-order valence-corrected chi connectivity index (χ0v) is 16.5. The molecule has 27 heavy (non-hydrogen) atoms.